The number of hydrogen-bond acceptors (Lipinski definition) is 3. The second kappa shape index (κ2) is 11.8. The van der Waals surface area contributed by atoms with E-state index in [1.807, 2.05) is 41.0 Å². The lowest BCUT2D eigenvalue weighted by Gasteiger charge is -2.17. The van der Waals surface area contributed by atoms with E-state index in [0.717, 1.165) is 44.5 Å². The summed E-state index contributed by atoms with van der Waals surface area (Å²) >= 11 is 0. The normalized spacial score (nSPS) is 11.8. The Hall–Kier alpha value is -5.23. The smallest absolute Gasteiger partial charge is 0.140 e. The maximum atomic E-state index is 14.3. The summed E-state index contributed by atoms with van der Waals surface area (Å²) in [5, 5.41) is 7.40. The van der Waals surface area contributed by atoms with E-state index >= 15 is 0 Å². The van der Waals surface area contributed by atoms with Crippen molar-refractivity contribution in [1.29, 1.82) is 0 Å². The Morgan fingerprint density at radius 3 is 2.15 bits per heavy atom. The predicted octanol–water partition coefficient (Wildman–Crippen LogP) is 11.1. The van der Waals surface area contributed by atoms with Gasteiger partial charge in [0.25, 0.3) is 0 Å². The van der Waals surface area contributed by atoms with Crippen LogP contribution < -0.4 is 4.74 Å². The van der Waals surface area contributed by atoms with Crippen LogP contribution in [0.1, 0.15) is 67.6 Å². The van der Waals surface area contributed by atoms with E-state index < -0.39 is 0 Å². The van der Waals surface area contributed by atoms with Gasteiger partial charge in [-0.05, 0) is 91.3 Å². The van der Waals surface area contributed by atoms with Crippen LogP contribution in [0.2, 0.25) is 0 Å². The molecule has 47 heavy (non-hydrogen) atoms. The molecule has 0 saturated carbocycles. The molecular weight excluding hydrogens is 583 g/mol. The largest absolute Gasteiger partial charge is 0.457 e. The minimum Gasteiger partial charge on any atom is -0.457 e. The molecule has 4 aromatic carbocycles. The fourth-order valence-electron chi connectivity index (χ4n) is 6.87. The summed E-state index contributed by atoms with van der Waals surface area (Å²) in [4.78, 5) is 4.50. The minimum absolute atomic E-state index is 0.231. The van der Waals surface area contributed by atoms with Crippen LogP contribution in [0.25, 0.3) is 44.4 Å². The highest BCUT2D eigenvalue weighted by molar-refractivity contribution is 6.09. The third-order valence-electron chi connectivity index (χ3n) is 8.87. The van der Waals surface area contributed by atoms with Gasteiger partial charge in [0.1, 0.15) is 23.1 Å². The Morgan fingerprint density at radius 2 is 1.43 bits per heavy atom. The highest BCUT2D eigenvalue weighted by Gasteiger charge is 2.26. The molecule has 7 aromatic rings. The fourth-order valence-corrected chi connectivity index (χ4v) is 6.87. The number of pyridine rings is 1. The number of nitrogens with zero attached hydrogens (tertiary/aromatic N) is 4. The first-order chi connectivity index (χ1) is 22.6. The van der Waals surface area contributed by atoms with Crippen LogP contribution in [-0.4, -0.2) is 19.3 Å². The van der Waals surface area contributed by atoms with E-state index in [2.05, 4.69) is 101 Å². The number of rotatable bonds is 7. The van der Waals surface area contributed by atoms with Gasteiger partial charge in [0, 0.05) is 40.7 Å². The van der Waals surface area contributed by atoms with E-state index in [1.54, 1.807) is 0 Å². The predicted molar refractivity (Wildman–Crippen MR) is 190 cm³/mol. The van der Waals surface area contributed by atoms with Gasteiger partial charge in [-0.25, -0.2) is 14.1 Å². The SMILES string of the molecule is Cc1cc(Oc2ccc3c4ccccc4n(-c4cc(F)ccn4)c3c2)cc(-n2nc(C(C)C)c(-c3c(C)cccc3C)c2C(C)C)c1. The molecule has 0 unspecified atom stereocenters. The van der Waals surface area contributed by atoms with Crippen molar-refractivity contribution in [3.8, 4) is 34.1 Å². The van der Waals surface area contributed by atoms with Crippen LogP contribution >= 0.6 is 0 Å². The lowest BCUT2D eigenvalue weighted by Crippen LogP contribution is -2.06. The summed E-state index contributed by atoms with van der Waals surface area (Å²) in [5.41, 5.74) is 11.2. The molecule has 0 fully saturated rings. The van der Waals surface area contributed by atoms with Crippen molar-refractivity contribution in [3.63, 3.8) is 0 Å². The van der Waals surface area contributed by atoms with Crippen molar-refractivity contribution in [1.82, 2.24) is 19.3 Å². The first-order valence-corrected chi connectivity index (χ1v) is 16.2. The van der Waals surface area contributed by atoms with E-state index in [1.165, 1.54) is 46.3 Å². The van der Waals surface area contributed by atoms with Crippen LogP contribution in [0, 0.1) is 26.6 Å². The molecule has 0 spiro atoms. The lowest BCUT2D eigenvalue weighted by atomic mass is 9.88. The van der Waals surface area contributed by atoms with Gasteiger partial charge in [-0.3, -0.25) is 4.57 Å². The quantitative estimate of drug-likeness (QED) is 0.178. The number of fused-ring (bicyclic) bond motifs is 3. The van der Waals surface area contributed by atoms with E-state index in [0.29, 0.717) is 11.6 Å². The van der Waals surface area contributed by atoms with Crippen molar-refractivity contribution in [3.05, 3.63) is 131 Å². The topological polar surface area (TPSA) is 44.9 Å². The Kier molecular flexibility index (Phi) is 7.67. The number of ether oxygens (including phenoxy) is 1. The first-order valence-electron chi connectivity index (χ1n) is 16.2. The van der Waals surface area contributed by atoms with Crippen LogP contribution in [0.3, 0.4) is 0 Å². The highest BCUT2D eigenvalue weighted by Crippen LogP contribution is 2.41. The number of hydrogen-bond donors (Lipinski definition) is 0. The number of halogens is 1. The average molecular weight is 623 g/mol. The molecule has 236 valence electrons. The summed E-state index contributed by atoms with van der Waals surface area (Å²) in [6, 6.07) is 29.8. The van der Waals surface area contributed by atoms with Crippen molar-refractivity contribution < 1.29 is 9.13 Å². The second-order valence-corrected chi connectivity index (χ2v) is 13.1. The first kappa shape index (κ1) is 30.4. The van der Waals surface area contributed by atoms with Gasteiger partial charge >= 0.3 is 0 Å². The van der Waals surface area contributed by atoms with Crippen molar-refractivity contribution in [2.75, 3.05) is 0 Å². The zero-order chi connectivity index (χ0) is 33.0. The van der Waals surface area contributed by atoms with Gasteiger partial charge in [-0.2, -0.15) is 5.10 Å². The van der Waals surface area contributed by atoms with Crippen molar-refractivity contribution in [2.45, 2.75) is 60.3 Å². The zero-order valence-electron chi connectivity index (χ0n) is 28.0. The summed E-state index contributed by atoms with van der Waals surface area (Å²) in [6.07, 6.45) is 1.50. The highest BCUT2D eigenvalue weighted by atomic mass is 19.1. The van der Waals surface area contributed by atoms with E-state index in [4.69, 9.17) is 9.84 Å². The summed E-state index contributed by atoms with van der Waals surface area (Å²) < 4.78 is 25.1. The van der Waals surface area contributed by atoms with Gasteiger partial charge < -0.3 is 4.74 Å². The van der Waals surface area contributed by atoms with Gasteiger partial charge in [-0.15, -0.1) is 0 Å². The molecule has 0 saturated heterocycles. The summed E-state index contributed by atoms with van der Waals surface area (Å²) in [5.74, 6) is 2.06. The number of para-hydroxylation sites is 1. The van der Waals surface area contributed by atoms with Crippen LogP contribution in [-0.2, 0) is 0 Å². The molecule has 0 aliphatic rings. The molecule has 0 aliphatic heterocycles. The summed E-state index contributed by atoms with van der Waals surface area (Å²) in [7, 11) is 0. The third kappa shape index (κ3) is 5.38. The molecule has 0 aliphatic carbocycles. The van der Waals surface area contributed by atoms with Gasteiger partial charge in [0.2, 0.25) is 0 Å². The molecule has 0 bridgehead atoms. The number of aryl methyl sites for hydroxylation is 3. The van der Waals surface area contributed by atoms with E-state index in [-0.39, 0.29) is 17.7 Å². The lowest BCUT2D eigenvalue weighted by molar-refractivity contribution is 0.482. The fraction of sp³-hybridized carbons (Fsp3) is 0.220. The molecule has 0 radical (unpaired) electrons. The molecule has 7 rings (SSSR count). The molecule has 0 atom stereocenters. The Balaban J connectivity index is 1.36. The van der Waals surface area contributed by atoms with Crippen LogP contribution in [0.4, 0.5) is 4.39 Å². The van der Waals surface area contributed by atoms with E-state index in [9.17, 15) is 4.39 Å². The van der Waals surface area contributed by atoms with Crippen LogP contribution in [0.15, 0.2) is 97.2 Å². The Bertz CT molecular complexity index is 2270. The molecule has 0 N–H and O–H groups in total. The van der Waals surface area contributed by atoms with Gasteiger partial charge in [-0.1, -0.05) is 64.1 Å². The van der Waals surface area contributed by atoms with Gasteiger partial charge in [0.05, 0.1) is 28.1 Å². The Labute approximate surface area is 275 Å². The zero-order valence-corrected chi connectivity index (χ0v) is 28.0. The van der Waals surface area contributed by atoms with Crippen LogP contribution in [0.5, 0.6) is 11.5 Å². The second-order valence-electron chi connectivity index (χ2n) is 13.1. The van der Waals surface area contributed by atoms with Gasteiger partial charge in [0.15, 0.2) is 0 Å². The molecule has 0 amide bonds. The molecule has 3 aromatic heterocycles. The average Bonchev–Trinajstić information content (AvgIpc) is 3.58. The molecule has 6 heteroatoms. The number of aromatic nitrogens is 4. The van der Waals surface area contributed by atoms with Crippen molar-refractivity contribution >= 4 is 21.8 Å². The molecule has 3 heterocycles. The standard InChI is InChI=1S/C41H39FN4O/c1-24(2)40-39(38-27(6)11-10-12-28(38)7)41(25(3)4)46(44-40)30-19-26(5)20-32(22-30)47-31-15-16-34-33-13-8-9-14-35(33)45(36(34)23-31)37-21-29(42)17-18-43-37/h8-25H,1-7H3. The Morgan fingerprint density at radius 1 is 0.681 bits per heavy atom. The van der Waals surface area contributed by atoms with Crippen molar-refractivity contribution in [2.24, 2.45) is 0 Å². The minimum atomic E-state index is -0.332. The number of benzene rings is 4. The molecular formula is C41H39FN4O. The maximum absolute atomic E-state index is 14.3. The monoisotopic (exact) mass is 622 g/mol. The maximum Gasteiger partial charge on any atom is 0.140 e. The molecule has 5 nitrogen and oxygen atoms in total. The third-order valence-corrected chi connectivity index (χ3v) is 8.87. The summed E-state index contributed by atoms with van der Waals surface area (Å²) in [6.45, 7) is 15.4.